The first-order valence-corrected chi connectivity index (χ1v) is 8.34. The molecule has 0 radical (unpaired) electrons. The van der Waals surface area contributed by atoms with Crippen LogP contribution < -0.4 is 5.32 Å². The number of nitrogens with one attached hydrogen (secondary N) is 1. The minimum atomic E-state index is -0.555. The molecular weight excluding hydrogens is 294 g/mol. The number of hydrogen-bond acceptors (Lipinski definition) is 2. The van der Waals surface area contributed by atoms with E-state index >= 15 is 0 Å². The van der Waals surface area contributed by atoms with Crippen molar-refractivity contribution in [1.82, 2.24) is 5.32 Å². The molecule has 0 saturated heterocycles. The highest BCUT2D eigenvalue weighted by molar-refractivity contribution is 5.32. The van der Waals surface area contributed by atoms with E-state index < -0.39 is 6.10 Å². The molecule has 0 unspecified atom stereocenters. The van der Waals surface area contributed by atoms with Gasteiger partial charge in [-0.2, -0.15) is 0 Å². The van der Waals surface area contributed by atoms with Gasteiger partial charge in [-0.25, -0.2) is 0 Å². The summed E-state index contributed by atoms with van der Waals surface area (Å²) in [5, 5.41) is 14.3. The van der Waals surface area contributed by atoms with E-state index in [0.29, 0.717) is 0 Å². The van der Waals surface area contributed by atoms with Crippen LogP contribution in [-0.4, -0.2) is 11.1 Å². The fraction of sp³-hybridized carbons (Fsp3) is 0.182. The molecule has 24 heavy (non-hydrogen) atoms. The molecule has 2 atom stereocenters. The van der Waals surface area contributed by atoms with Crippen LogP contribution >= 0.6 is 0 Å². The van der Waals surface area contributed by atoms with Crippen LogP contribution in [0.15, 0.2) is 91.0 Å². The number of benzene rings is 3. The Hall–Kier alpha value is -2.42. The Morgan fingerprint density at radius 1 is 0.625 bits per heavy atom. The van der Waals surface area contributed by atoms with E-state index in [1.165, 1.54) is 11.1 Å². The highest BCUT2D eigenvalue weighted by atomic mass is 16.3. The molecule has 0 amide bonds. The van der Waals surface area contributed by atoms with E-state index in [9.17, 15) is 5.11 Å². The highest BCUT2D eigenvalue weighted by Gasteiger charge is 2.21. The molecule has 122 valence electrons. The normalized spacial score (nSPS) is 13.6. The van der Waals surface area contributed by atoms with Gasteiger partial charge < -0.3 is 10.4 Å². The summed E-state index contributed by atoms with van der Waals surface area (Å²) in [6.07, 6.45) is -0.555. The molecule has 0 spiro atoms. The molecule has 3 aromatic rings. The van der Waals surface area contributed by atoms with Crippen molar-refractivity contribution in [1.29, 1.82) is 0 Å². The van der Waals surface area contributed by atoms with Crippen molar-refractivity contribution in [2.45, 2.75) is 25.1 Å². The van der Waals surface area contributed by atoms with Crippen molar-refractivity contribution in [3.8, 4) is 0 Å². The molecule has 0 aliphatic heterocycles. The molecule has 0 saturated carbocycles. The second kappa shape index (κ2) is 7.91. The lowest BCUT2D eigenvalue weighted by Gasteiger charge is -2.27. The molecule has 2 N–H and O–H groups in total. The Balaban J connectivity index is 1.84. The molecule has 0 fully saturated rings. The van der Waals surface area contributed by atoms with Crippen molar-refractivity contribution in [2.24, 2.45) is 0 Å². The lowest BCUT2D eigenvalue weighted by molar-refractivity contribution is 0.132. The van der Waals surface area contributed by atoms with Crippen molar-refractivity contribution in [3.05, 3.63) is 108 Å². The summed E-state index contributed by atoms with van der Waals surface area (Å²) in [7, 11) is 0. The third-order valence-electron chi connectivity index (χ3n) is 4.31. The molecule has 0 heterocycles. The van der Waals surface area contributed by atoms with Gasteiger partial charge in [-0.3, -0.25) is 0 Å². The average Bonchev–Trinajstić information content (AvgIpc) is 2.67. The van der Waals surface area contributed by atoms with Crippen LogP contribution in [0.3, 0.4) is 0 Å². The topological polar surface area (TPSA) is 32.3 Å². The molecule has 3 aromatic carbocycles. The first-order valence-electron chi connectivity index (χ1n) is 8.34. The maximum Gasteiger partial charge on any atom is 0.0940 e. The Labute approximate surface area is 143 Å². The fourth-order valence-corrected chi connectivity index (χ4v) is 2.97. The molecule has 0 aromatic heterocycles. The van der Waals surface area contributed by atoms with E-state index in [-0.39, 0.29) is 12.1 Å². The van der Waals surface area contributed by atoms with Gasteiger partial charge in [0.2, 0.25) is 0 Å². The van der Waals surface area contributed by atoms with E-state index in [2.05, 4.69) is 29.6 Å². The van der Waals surface area contributed by atoms with Crippen LogP contribution in [0, 0.1) is 0 Å². The van der Waals surface area contributed by atoms with Gasteiger partial charge in [0.05, 0.1) is 12.1 Å². The van der Waals surface area contributed by atoms with Gasteiger partial charge in [0.15, 0.2) is 0 Å². The quantitative estimate of drug-likeness (QED) is 0.702. The third kappa shape index (κ3) is 3.91. The average molecular weight is 317 g/mol. The first kappa shape index (κ1) is 16.4. The zero-order valence-electron chi connectivity index (χ0n) is 13.8. The summed E-state index contributed by atoms with van der Waals surface area (Å²) in [5.74, 6) is 0. The summed E-state index contributed by atoms with van der Waals surface area (Å²) in [6, 6.07) is 30.5. The summed E-state index contributed by atoms with van der Waals surface area (Å²) in [4.78, 5) is 0. The van der Waals surface area contributed by atoms with Crippen LogP contribution in [0.4, 0.5) is 0 Å². The summed E-state index contributed by atoms with van der Waals surface area (Å²) in [5.41, 5.74) is 3.31. The van der Waals surface area contributed by atoms with Gasteiger partial charge in [-0.05, 0) is 23.6 Å². The third-order valence-corrected chi connectivity index (χ3v) is 4.31. The van der Waals surface area contributed by atoms with Gasteiger partial charge in [-0.1, -0.05) is 91.0 Å². The lowest BCUT2D eigenvalue weighted by atomic mass is 9.96. The van der Waals surface area contributed by atoms with E-state index in [4.69, 9.17) is 0 Å². The van der Waals surface area contributed by atoms with Gasteiger partial charge in [-0.15, -0.1) is 0 Å². The molecule has 2 heteroatoms. The van der Waals surface area contributed by atoms with E-state index in [0.717, 1.165) is 5.56 Å². The maximum atomic E-state index is 10.7. The van der Waals surface area contributed by atoms with Crippen molar-refractivity contribution in [3.63, 3.8) is 0 Å². The summed E-state index contributed by atoms with van der Waals surface area (Å²) in [6.45, 7) is 2.02. The molecule has 2 nitrogen and oxygen atoms in total. The zero-order valence-corrected chi connectivity index (χ0v) is 13.8. The predicted molar refractivity (Wildman–Crippen MR) is 98.7 cm³/mol. The second-order valence-electron chi connectivity index (χ2n) is 6.07. The van der Waals surface area contributed by atoms with E-state index in [1.54, 1.807) is 0 Å². The second-order valence-corrected chi connectivity index (χ2v) is 6.07. The number of hydrogen-bond donors (Lipinski definition) is 2. The maximum absolute atomic E-state index is 10.7. The monoisotopic (exact) mass is 317 g/mol. The van der Waals surface area contributed by atoms with Gasteiger partial charge in [0.25, 0.3) is 0 Å². The molecule has 0 aliphatic rings. The summed E-state index contributed by atoms with van der Waals surface area (Å²) >= 11 is 0. The summed E-state index contributed by atoms with van der Waals surface area (Å²) < 4.78 is 0. The van der Waals surface area contributed by atoms with Crippen LogP contribution in [0.5, 0.6) is 0 Å². The smallest absolute Gasteiger partial charge is 0.0940 e. The van der Waals surface area contributed by atoms with Crippen LogP contribution in [-0.2, 0) is 0 Å². The number of rotatable bonds is 6. The van der Waals surface area contributed by atoms with Crippen LogP contribution in [0.2, 0.25) is 0 Å². The first-order chi connectivity index (χ1) is 11.8. The minimum Gasteiger partial charge on any atom is -0.387 e. The Kier molecular flexibility index (Phi) is 5.42. The predicted octanol–water partition coefficient (Wildman–Crippen LogP) is 4.49. The van der Waals surface area contributed by atoms with Crippen molar-refractivity contribution in [2.75, 3.05) is 0 Å². The standard InChI is InChI=1S/C22H23NO/c1-17(22(24)20-15-9-4-10-16-20)23-21(18-11-5-2-6-12-18)19-13-7-3-8-14-19/h2-17,21-24H,1H3/t17-,22-/m1/s1. The Morgan fingerprint density at radius 3 is 1.42 bits per heavy atom. The van der Waals surface area contributed by atoms with Gasteiger partial charge >= 0.3 is 0 Å². The minimum absolute atomic E-state index is 0.0424. The number of aliphatic hydroxyl groups is 1. The highest BCUT2D eigenvalue weighted by Crippen LogP contribution is 2.25. The molecular formula is C22H23NO. The van der Waals surface area contributed by atoms with Crippen LogP contribution in [0.1, 0.15) is 35.8 Å². The fourth-order valence-electron chi connectivity index (χ4n) is 2.97. The van der Waals surface area contributed by atoms with Gasteiger partial charge in [0.1, 0.15) is 0 Å². The van der Waals surface area contributed by atoms with Crippen molar-refractivity contribution >= 4 is 0 Å². The SMILES string of the molecule is C[C@@H](NC(c1ccccc1)c1ccccc1)[C@@H](O)c1ccccc1. The van der Waals surface area contributed by atoms with Gasteiger partial charge in [0, 0.05) is 6.04 Å². The molecule has 3 rings (SSSR count). The van der Waals surface area contributed by atoms with Crippen LogP contribution in [0.25, 0.3) is 0 Å². The molecule has 0 aliphatic carbocycles. The Bertz CT molecular complexity index is 688. The largest absolute Gasteiger partial charge is 0.387 e. The zero-order chi connectivity index (χ0) is 16.8. The number of aliphatic hydroxyl groups excluding tert-OH is 1. The lowest BCUT2D eigenvalue weighted by Crippen LogP contribution is -2.35. The van der Waals surface area contributed by atoms with Crippen molar-refractivity contribution < 1.29 is 5.11 Å². The van der Waals surface area contributed by atoms with E-state index in [1.807, 2.05) is 73.7 Å². The Morgan fingerprint density at radius 2 is 1.00 bits per heavy atom. The molecule has 0 bridgehead atoms.